The molecule has 0 aliphatic carbocycles. The molecule has 0 aliphatic rings. The van der Waals surface area contributed by atoms with Gasteiger partial charge in [0, 0.05) is 29.6 Å². The van der Waals surface area contributed by atoms with E-state index in [2.05, 4.69) is 5.32 Å². The number of aryl methyl sites for hydroxylation is 1. The molecule has 7 heteroatoms. The molecular weight excluding hydrogens is 359 g/mol. The van der Waals surface area contributed by atoms with Crippen LogP contribution in [0.2, 0.25) is 5.02 Å². The molecule has 3 rings (SSSR count). The normalized spacial score (nSPS) is 10.8. The summed E-state index contributed by atoms with van der Waals surface area (Å²) in [7, 11) is 1.47. The van der Waals surface area contributed by atoms with Crippen LogP contribution in [0.1, 0.15) is 27.6 Å². The van der Waals surface area contributed by atoms with Crippen LogP contribution < -0.4 is 10.1 Å². The number of carbonyl (C=O) groups is 2. The maximum atomic E-state index is 13.7. The van der Waals surface area contributed by atoms with E-state index in [1.54, 1.807) is 19.1 Å². The number of carbonyl (C=O) groups excluding carboxylic acids is 2. The average Bonchev–Trinajstić information content (AvgIpc) is 2.96. The van der Waals surface area contributed by atoms with Crippen LogP contribution in [0.15, 0.2) is 36.5 Å². The van der Waals surface area contributed by atoms with Gasteiger partial charge in [0.1, 0.15) is 11.6 Å². The summed E-state index contributed by atoms with van der Waals surface area (Å²) in [6, 6.07) is 7.23. The Morgan fingerprint density at radius 2 is 1.96 bits per heavy atom. The van der Waals surface area contributed by atoms with Crippen LogP contribution in [-0.4, -0.2) is 23.5 Å². The highest BCUT2D eigenvalue weighted by Crippen LogP contribution is 2.32. The van der Waals surface area contributed by atoms with Crippen molar-refractivity contribution in [1.29, 1.82) is 0 Å². The van der Waals surface area contributed by atoms with Gasteiger partial charge in [-0.05, 0) is 36.8 Å². The number of anilines is 1. The molecule has 26 heavy (non-hydrogen) atoms. The van der Waals surface area contributed by atoms with Gasteiger partial charge in [0.25, 0.3) is 5.91 Å². The number of hydrogen-bond acceptors (Lipinski definition) is 3. The molecule has 0 unspecified atom stereocenters. The highest BCUT2D eigenvalue weighted by molar-refractivity contribution is 6.31. The first-order chi connectivity index (χ1) is 12.3. The number of nitrogens with zero attached hydrogens (tertiary/aromatic N) is 1. The summed E-state index contributed by atoms with van der Waals surface area (Å²) in [5.74, 6) is -0.857. The van der Waals surface area contributed by atoms with Gasteiger partial charge in [0.15, 0.2) is 0 Å². The Morgan fingerprint density at radius 3 is 2.62 bits per heavy atom. The maximum Gasteiger partial charge on any atom is 0.257 e. The molecule has 134 valence electrons. The second-order valence-corrected chi connectivity index (χ2v) is 6.26. The number of ether oxygens (including phenoxy) is 1. The van der Waals surface area contributed by atoms with Crippen molar-refractivity contribution in [2.45, 2.75) is 13.8 Å². The SMILES string of the molecule is COc1cc(Cl)c(C)cc1NC(=O)c1cn(C(C)=O)c2ccc(F)cc12. The summed E-state index contributed by atoms with van der Waals surface area (Å²) in [5, 5.41) is 3.60. The van der Waals surface area contributed by atoms with Crippen molar-refractivity contribution in [3.8, 4) is 5.75 Å². The van der Waals surface area contributed by atoms with E-state index in [9.17, 15) is 14.0 Å². The van der Waals surface area contributed by atoms with Crippen LogP contribution in [0, 0.1) is 12.7 Å². The standard InChI is InChI=1S/C19H16ClFN2O3/c1-10-6-16(18(26-3)8-15(10)20)22-19(25)14-9-23(11(2)24)17-5-4-12(21)7-13(14)17/h4-9H,1-3H3,(H,22,25). The fourth-order valence-electron chi connectivity index (χ4n) is 2.76. The Balaban J connectivity index is 2.08. The van der Waals surface area contributed by atoms with Gasteiger partial charge in [-0.15, -0.1) is 0 Å². The number of hydrogen-bond donors (Lipinski definition) is 1. The molecule has 3 aromatic rings. The molecule has 2 aromatic carbocycles. The first-order valence-corrected chi connectivity index (χ1v) is 8.16. The van der Waals surface area contributed by atoms with Gasteiger partial charge in [0.2, 0.25) is 5.91 Å². The lowest BCUT2D eigenvalue weighted by Crippen LogP contribution is -2.13. The average molecular weight is 375 g/mol. The molecule has 0 saturated heterocycles. The van der Waals surface area contributed by atoms with E-state index < -0.39 is 11.7 Å². The lowest BCUT2D eigenvalue weighted by Gasteiger charge is -2.12. The van der Waals surface area contributed by atoms with Gasteiger partial charge in [0.05, 0.1) is 23.9 Å². The topological polar surface area (TPSA) is 60.3 Å². The van der Waals surface area contributed by atoms with Crippen molar-refractivity contribution in [3.05, 3.63) is 58.5 Å². The molecule has 0 saturated carbocycles. The quantitative estimate of drug-likeness (QED) is 0.725. The summed E-state index contributed by atoms with van der Waals surface area (Å²) in [5.41, 5.74) is 1.84. The van der Waals surface area contributed by atoms with Gasteiger partial charge >= 0.3 is 0 Å². The van der Waals surface area contributed by atoms with Crippen molar-refractivity contribution in [2.75, 3.05) is 12.4 Å². The van der Waals surface area contributed by atoms with Crippen molar-refractivity contribution >= 4 is 40.0 Å². The predicted octanol–water partition coefficient (Wildman–Crippen LogP) is 4.66. The van der Waals surface area contributed by atoms with Crippen LogP contribution in [0.25, 0.3) is 10.9 Å². The molecule has 0 bridgehead atoms. The molecule has 5 nitrogen and oxygen atoms in total. The van der Waals surface area contributed by atoms with E-state index in [1.165, 1.54) is 43.0 Å². The summed E-state index contributed by atoms with van der Waals surface area (Å²) in [4.78, 5) is 24.6. The Kier molecular flexibility index (Phi) is 4.70. The summed E-state index contributed by atoms with van der Waals surface area (Å²) in [6.45, 7) is 3.17. The zero-order chi connectivity index (χ0) is 19.0. The summed E-state index contributed by atoms with van der Waals surface area (Å²) < 4.78 is 20.2. The number of methoxy groups -OCH3 is 1. The van der Waals surface area contributed by atoms with Crippen molar-refractivity contribution in [3.63, 3.8) is 0 Å². The fourth-order valence-corrected chi connectivity index (χ4v) is 2.92. The molecular formula is C19H16ClFN2O3. The third-order valence-corrected chi connectivity index (χ3v) is 4.49. The number of benzene rings is 2. The molecule has 1 amide bonds. The third-order valence-electron chi connectivity index (χ3n) is 4.08. The Hall–Kier alpha value is -2.86. The van der Waals surface area contributed by atoms with Crippen LogP contribution in [0.4, 0.5) is 10.1 Å². The van der Waals surface area contributed by atoms with Crippen LogP contribution in [0.3, 0.4) is 0 Å². The van der Waals surface area contributed by atoms with E-state index in [0.717, 1.165) is 5.56 Å². The van der Waals surface area contributed by atoms with Crippen molar-refractivity contribution in [2.24, 2.45) is 0 Å². The number of halogens is 2. The highest BCUT2D eigenvalue weighted by atomic mass is 35.5. The maximum absolute atomic E-state index is 13.7. The number of aromatic nitrogens is 1. The van der Waals surface area contributed by atoms with Crippen LogP contribution >= 0.6 is 11.6 Å². The molecule has 0 atom stereocenters. The van der Waals surface area contributed by atoms with Gasteiger partial charge in [-0.1, -0.05) is 11.6 Å². The van der Waals surface area contributed by atoms with Gasteiger partial charge < -0.3 is 10.1 Å². The Bertz CT molecular complexity index is 1040. The lowest BCUT2D eigenvalue weighted by atomic mass is 10.1. The Morgan fingerprint density at radius 1 is 1.23 bits per heavy atom. The molecule has 1 heterocycles. The number of amides is 1. The minimum atomic E-state index is -0.493. The zero-order valence-electron chi connectivity index (χ0n) is 14.4. The minimum Gasteiger partial charge on any atom is -0.495 e. The number of fused-ring (bicyclic) bond motifs is 1. The molecule has 0 radical (unpaired) electrons. The minimum absolute atomic E-state index is 0.185. The van der Waals surface area contributed by atoms with E-state index in [0.29, 0.717) is 27.4 Å². The predicted molar refractivity (Wildman–Crippen MR) is 98.9 cm³/mol. The molecule has 0 fully saturated rings. The highest BCUT2D eigenvalue weighted by Gasteiger charge is 2.19. The lowest BCUT2D eigenvalue weighted by molar-refractivity contribution is 0.0941. The van der Waals surface area contributed by atoms with Crippen molar-refractivity contribution in [1.82, 2.24) is 4.57 Å². The van der Waals surface area contributed by atoms with E-state index in [1.807, 2.05) is 0 Å². The fraction of sp³-hybridized carbons (Fsp3) is 0.158. The van der Waals surface area contributed by atoms with E-state index in [-0.39, 0.29) is 11.5 Å². The first-order valence-electron chi connectivity index (χ1n) is 7.79. The summed E-state index contributed by atoms with van der Waals surface area (Å²) >= 11 is 6.08. The van der Waals surface area contributed by atoms with E-state index >= 15 is 0 Å². The molecule has 1 N–H and O–H groups in total. The van der Waals surface area contributed by atoms with Crippen LogP contribution in [0.5, 0.6) is 5.75 Å². The second kappa shape index (κ2) is 6.80. The van der Waals surface area contributed by atoms with Gasteiger partial charge in [-0.3, -0.25) is 14.2 Å². The summed E-state index contributed by atoms with van der Waals surface area (Å²) in [6.07, 6.45) is 1.40. The largest absolute Gasteiger partial charge is 0.495 e. The van der Waals surface area contributed by atoms with E-state index in [4.69, 9.17) is 16.3 Å². The van der Waals surface area contributed by atoms with Crippen molar-refractivity contribution < 1.29 is 18.7 Å². The first kappa shape index (κ1) is 17.9. The second-order valence-electron chi connectivity index (χ2n) is 5.85. The Labute approximate surface area is 154 Å². The molecule has 0 aliphatic heterocycles. The smallest absolute Gasteiger partial charge is 0.257 e. The van der Waals surface area contributed by atoms with Gasteiger partial charge in [-0.2, -0.15) is 0 Å². The monoisotopic (exact) mass is 374 g/mol. The molecule has 1 aromatic heterocycles. The number of nitrogens with one attached hydrogen (secondary N) is 1. The number of rotatable bonds is 3. The zero-order valence-corrected chi connectivity index (χ0v) is 15.1. The van der Waals surface area contributed by atoms with Crippen LogP contribution in [-0.2, 0) is 0 Å². The van der Waals surface area contributed by atoms with Gasteiger partial charge in [-0.25, -0.2) is 4.39 Å². The third kappa shape index (κ3) is 3.15. The molecule has 0 spiro atoms.